The molecule has 0 aliphatic carbocycles. The first-order valence-corrected chi connectivity index (χ1v) is 9.66. The third-order valence-corrected chi connectivity index (χ3v) is 4.99. The maximum atomic E-state index is 12.5. The van der Waals surface area contributed by atoms with Crippen molar-refractivity contribution >= 4 is 34.8 Å². The first-order valence-electron chi connectivity index (χ1n) is 9.28. The number of anilines is 2. The SMILES string of the molecule is O=C(Nc1ccc(Cl)cc1)[C@H]1CC(=O)N(c2ccc(Oc3ccccc3)cc2)C1. The smallest absolute Gasteiger partial charge is 0.229 e. The summed E-state index contributed by atoms with van der Waals surface area (Å²) in [5.74, 6) is 0.781. The number of hydrogen-bond acceptors (Lipinski definition) is 3. The molecule has 0 bridgehead atoms. The quantitative estimate of drug-likeness (QED) is 0.639. The van der Waals surface area contributed by atoms with Crippen LogP contribution in [-0.2, 0) is 9.59 Å². The van der Waals surface area contributed by atoms with E-state index in [0.29, 0.717) is 23.0 Å². The molecule has 3 aromatic carbocycles. The van der Waals surface area contributed by atoms with Gasteiger partial charge in [-0.2, -0.15) is 0 Å². The van der Waals surface area contributed by atoms with Crippen LogP contribution in [0.3, 0.4) is 0 Å². The Labute approximate surface area is 173 Å². The summed E-state index contributed by atoms with van der Waals surface area (Å²) >= 11 is 5.86. The molecule has 1 aliphatic rings. The molecule has 0 unspecified atom stereocenters. The molecule has 2 amide bonds. The van der Waals surface area contributed by atoms with Crippen molar-refractivity contribution in [2.75, 3.05) is 16.8 Å². The minimum Gasteiger partial charge on any atom is -0.457 e. The van der Waals surface area contributed by atoms with Crippen LogP contribution >= 0.6 is 11.6 Å². The zero-order valence-corrected chi connectivity index (χ0v) is 16.3. The van der Waals surface area contributed by atoms with E-state index in [9.17, 15) is 9.59 Å². The Morgan fingerprint density at radius 1 is 0.931 bits per heavy atom. The molecular weight excluding hydrogens is 388 g/mol. The van der Waals surface area contributed by atoms with Crippen LogP contribution < -0.4 is 15.0 Å². The third kappa shape index (κ3) is 4.58. The van der Waals surface area contributed by atoms with Crippen LogP contribution in [-0.4, -0.2) is 18.4 Å². The van der Waals surface area contributed by atoms with E-state index in [4.69, 9.17) is 16.3 Å². The number of para-hydroxylation sites is 1. The molecule has 0 radical (unpaired) electrons. The van der Waals surface area contributed by atoms with Crippen molar-refractivity contribution in [3.8, 4) is 11.5 Å². The highest BCUT2D eigenvalue weighted by Crippen LogP contribution is 2.29. The second kappa shape index (κ2) is 8.37. The van der Waals surface area contributed by atoms with Gasteiger partial charge in [0.15, 0.2) is 0 Å². The molecule has 1 heterocycles. The van der Waals surface area contributed by atoms with E-state index in [-0.39, 0.29) is 18.2 Å². The Morgan fingerprint density at radius 3 is 2.28 bits per heavy atom. The summed E-state index contributed by atoms with van der Waals surface area (Å²) in [6, 6.07) is 23.7. The van der Waals surface area contributed by atoms with Crippen molar-refractivity contribution in [2.24, 2.45) is 5.92 Å². The predicted molar refractivity (Wildman–Crippen MR) is 113 cm³/mol. The number of carbonyl (C=O) groups is 2. The lowest BCUT2D eigenvalue weighted by molar-refractivity contribution is -0.122. The molecule has 0 saturated carbocycles. The van der Waals surface area contributed by atoms with Crippen LogP contribution in [0.15, 0.2) is 78.9 Å². The van der Waals surface area contributed by atoms with Crippen LogP contribution in [0.5, 0.6) is 11.5 Å². The van der Waals surface area contributed by atoms with E-state index in [1.165, 1.54) is 0 Å². The van der Waals surface area contributed by atoms with Crippen molar-refractivity contribution in [3.63, 3.8) is 0 Å². The maximum Gasteiger partial charge on any atom is 0.229 e. The lowest BCUT2D eigenvalue weighted by Crippen LogP contribution is -2.28. The number of rotatable bonds is 5. The maximum absolute atomic E-state index is 12.5. The van der Waals surface area contributed by atoms with Gasteiger partial charge in [-0.1, -0.05) is 29.8 Å². The van der Waals surface area contributed by atoms with E-state index < -0.39 is 5.92 Å². The number of halogens is 1. The molecular formula is C23H19ClN2O3. The van der Waals surface area contributed by atoms with Crippen molar-refractivity contribution in [1.82, 2.24) is 0 Å². The normalized spacial score (nSPS) is 16.0. The van der Waals surface area contributed by atoms with Gasteiger partial charge in [0.05, 0.1) is 5.92 Å². The fourth-order valence-corrected chi connectivity index (χ4v) is 3.36. The van der Waals surface area contributed by atoms with Gasteiger partial charge in [-0.25, -0.2) is 0 Å². The van der Waals surface area contributed by atoms with Gasteiger partial charge < -0.3 is 15.0 Å². The molecule has 3 aromatic rings. The topological polar surface area (TPSA) is 58.6 Å². The second-order valence-corrected chi connectivity index (χ2v) is 7.25. The third-order valence-electron chi connectivity index (χ3n) is 4.73. The average molecular weight is 407 g/mol. The number of hydrogen-bond donors (Lipinski definition) is 1. The molecule has 4 rings (SSSR count). The number of benzene rings is 3. The molecule has 5 nitrogen and oxygen atoms in total. The Kier molecular flexibility index (Phi) is 5.49. The summed E-state index contributed by atoms with van der Waals surface area (Å²) < 4.78 is 5.78. The molecule has 1 fully saturated rings. The van der Waals surface area contributed by atoms with Gasteiger partial charge in [0.25, 0.3) is 0 Å². The Morgan fingerprint density at radius 2 is 1.59 bits per heavy atom. The van der Waals surface area contributed by atoms with Gasteiger partial charge in [-0.3, -0.25) is 9.59 Å². The molecule has 1 saturated heterocycles. The summed E-state index contributed by atoms with van der Waals surface area (Å²) in [7, 11) is 0. The standard InChI is InChI=1S/C23H19ClN2O3/c24-17-6-8-18(9-7-17)25-23(28)16-14-22(27)26(15-16)19-10-12-21(13-11-19)29-20-4-2-1-3-5-20/h1-13,16H,14-15H2,(H,25,28)/t16-/m0/s1. The molecule has 1 aliphatic heterocycles. The fourth-order valence-electron chi connectivity index (χ4n) is 3.23. The van der Waals surface area contributed by atoms with Crippen LogP contribution in [0.2, 0.25) is 5.02 Å². The lowest BCUT2D eigenvalue weighted by Gasteiger charge is -2.17. The Hall–Kier alpha value is -3.31. The minimum atomic E-state index is -0.404. The highest BCUT2D eigenvalue weighted by Gasteiger charge is 2.35. The molecule has 6 heteroatoms. The van der Waals surface area contributed by atoms with E-state index in [2.05, 4.69) is 5.32 Å². The van der Waals surface area contributed by atoms with Gasteiger partial charge in [0, 0.05) is 29.4 Å². The lowest BCUT2D eigenvalue weighted by atomic mass is 10.1. The Bertz CT molecular complexity index is 1000. The predicted octanol–water partition coefficient (Wildman–Crippen LogP) is 5.12. The van der Waals surface area contributed by atoms with Crippen molar-refractivity contribution < 1.29 is 14.3 Å². The number of nitrogens with one attached hydrogen (secondary N) is 1. The van der Waals surface area contributed by atoms with E-state index >= 15 is 0 Å². The number of ether oxygens (including phenoxy) is 1. The van der Waals surface area contributed by atoms with Crippen LogP contribution in [0, 0.1) is 5.92 Å². The number of amides is 2. The number of nitrogens with zero attached hydrogens (tertiary/aromatic N) is 1. The molecule has 0 spiro atoms. The summed E-state index contributed by atoms with van der Waals surface area (Å²) in [5, 5.41) is 3.45. The highest BCUT2D eigenvalue weighted by molar-refractivity contribution is 6.30. The number of carbonyl (C=O) groups excluding carboxylic acids is 2. The van der Waals surface area contributed by atoms with Crippen LogP contribution in [0.25, 0.3) is 0 Å². The zero-order valence-electron chi connectivity index (χ0n) is 15.5. The van der Waals surface area contributed by atoms with Crippen LogP contribution in [0.4, 0.5) is 11.4 Å². The molecule has 146 valence electrons. The minimum absolute atomic E-state index is 0.0713. The monoisotopic (exact) mass is 406 g/mol. The summed E-state index contributed by atoms with van der Waals surface area (Å²) in [6.45, 7) is 0.344. The molecule has 29 heavy (non-hydrogen) atoms. The largest absolute Gasteiger partial charge is 0.457 e. The fraction of sp³-hybridized carbons (Fsp3) is 0.130. The summed E-state index contributed by atoms with van der Waals surface area (Å²) in [5.41, 5.74) is 1.41. The van der Waals surface area contributed by atoms with Gasteiger partial charge in [-0.15, -0.1) is 0 Å². The van der Waals surface area contributed by atoms with Crippen molar-refractivity contribution in [1.29, 1.82) is 0 Å². The van der Waals surface area contributed by atoms with Gasteiger partial charge >= 0.3 is 0 Å². The van der Waals surface area contributed by atoms with Gasteiger partial charge in [0.1, 0.15) is 11.5 Å². The van der Waals surface area contributed by atoms with Crippen molar-refractivity contribution in [3.05, 3.63) is 83.9 Å². The van der Waals surface area contributed by atoms with E-state index in [0.717, 1.165) is 11.4 Å². The molecule has 0 aromatic heterocycles. The average Bonchev–Trinajstić information content (AvgIpc) is 3.13. The van der Waals surface area contributed by atoms with E-state index in [1.807, 2.05) is 54.6 Å². The second-order valence-electron chi connectivity index (χ2n) is 6.81. The van der Waals surface area contributed by atoms with E-state index in [1.54, 1.807) is 29.2 Å². The van der Waals surface area contributed by atoms with Gasteiger partial charge in [-0.05, 0) is 60.7 Å². The first-order chi connectivity index (χ1) is 14.1. The molecule has 1 atom stereocenters. The highest BCUT2D eigenvalue weighted by atomic mass is 35.5. The first kappa shape index (κ1) is 19.0. The Balaban J connectivity index is 1.39. The van der Waals surface area contributed by atoms with Gasteiger partial charge in [0.2, 0.25) is 11.8 Å². The van der Waals surface area contributed by atoms with Crippen LogP contribution in [0.1, 0.15) is 6.42 Å². The van der Waals surface area contributed by atoms with Crippen molar-refractivity contribution in [2.45, 2.75) is 6.42 Å². The molecule has 1 N–H and O–H groups in total. The zero-order chi connectivity index (χ0) is 20.2. The summed E-state index contributed by atoms with van der Waals surface area (Å²) in [4.78, 5) is 26.6. The summed E-state index contributed by atoms with van der Waals surface area (Å²) in [6.07, 6.45) is 0.182.